The second kappa shape index (κ2) is 5.31. The van der Waals surface area contributed by atoms with Crippen LogP contribution in [0.15, 0.2) is 18.2 Å². The van der Waals surface area contributed by atoms with Crippen LogP contribution in [-0.4, -0.2) is 67.3 Å². The lowest BCUT2D eigenvalue weighted by atomic mass is 9.51. The lowest BCUT2D eigenvalue weighted by Gasteiger charge is -2.62. The van der Waals surface area contributed by atoms with E-state index < -0.39 is 42.5 Å². The van der Waals surface area contributed by atoms with Gasteiger partial charge in [-0.2, -0.15) is 0 Å². The zero-order valence-electron chi connectivity index (χ0n) is 12.1. The maximum Gasteiger partial charge on any atom is 0.131 e. The van der Waals surface area contributed by atoms with Gasteiger partial charge >= 0.3 is 0 Å². The van der Waals surface area contributed by atoms with Crippen LogP contribution in [0.2, 0.25) is 0 Å². The molecule has 0 saturated heterocycles. The average Bonchev–Trinajstić information content (AvgIpc) is 2.49. The Morgan fingerprint density at radius 2 is 1.81 bits per heavy atom. The Balaban J connectivity index is 2.58. The molecule has 0 aromatic heterocycles. The second-order valence-electron chi connectivity index (χ2n) is 5.86. The van der Waals surface area contributed by atoms with Crippen molar-refractivity contribution < 1.29 is 30.6 Å². The molecule has 0 heterocycles. The van der Waals surface area contributed by atoms with E-state index in [2.05, 4.69) is 0 Å². The highest BCUT2D eigenvalue weighted by Crippen LogP contribution is 2.55. The van der Waals surface area contributed by atoms with Gasteiger partial charge in [0.1, 0.15) is 23.4 Å². The monoisotopic (exact) mass is 298 g/mol. The number of rotatable bonds is 4. The van der Waals surface area contributed by atoms with Gasteiger partial charge in [-0.25, -0.2) is 0 Å². The number of hydrogen-bond acceptors (Lipinski definition) is 6. The maximum atomic E-state index is 10.6. The lowest BCUT2D eigenvalue weighted by molar-refractivity contribution is -0.327. The highest BCUT2D eigenvalue weighted by Gasteiger charge is 2.73. The predicted molar refractivity (Wildman–Crippen MR) is 74.7 cm³/mol. The van der Waals surface area contributed by atoms with Crippen LogP contribution in [0.4, 0.5) is 0 Å². The molecule has 21 heavy (non-hydrogen) atoms. The van der Waals surface area contributed by atoms with E-state index >= 15 is 0 Å². The number of aliphatic hydroxyl groups excluding tert-OH is 4. The van der Waals surface area contributed by atoms with Crippen molar-refractivity contribution in [2.45, 2.75) is 43.2 Å². The largest absolute Gasteiger partial charge is 0.394 e. The Morgan fingerprint density at radius 3 is 2.33 bits per heavy atom. The summed E-state index contributed by atoms with van der Waals surface area (Å²) in [5.74, 6) is -1.10. The zero-order valence-corrected chi connectivity index (χ0v) is 12.1. The van der Waals surface area contributed by atoms with Gasteiger partial charge in [-0.1, -0.05) is 18.2 Å². The molecule has 0 amide bonds. The molecule has 1 aromatic carbocycles. The minimum absolute atomic E-state index is 0.520. The Kier molecular flexibility index (Phi) is 4.14. The summed E-state index contributed by atoms with van der Waals surface area (Å²) in [5.41, 5.74) is -1.87. The molecular weight excluding hydrogens is 276 g/mol. The molecule has 0 spiro atoms. The summed E-state index contributed by atoms with van der Waals surface area (Å²) in [6, 6.07) is 5.24. The van der Waals surface area contributed by atoms with Gasteiger partial charge in [-0.3, -0.25) is 0 Å². The molecule has 6 N–H and O–H groups in total. The summed E-state index contributed by atoms with van der Waals surface area (Å²) in [6.07, 6.45) is -3.40. The summed E-state index contributed by atoms with van der Waals surface area (Å²) in [4.78, 5) is 0. The molecule has 2 rings (SSSR count). The Morgan fingerprint density at radius 1 is 1.19 bits per heavy atom. The molecule has 1 saturated carbocycles. The number of aliphatic hydroxyl groups is 6. The van der Waals surface area contributed by atoms with Crippen LogP contribution in [0.1, 0.15) is 22.6 Å². The summed E-state index contributed by atoms with van der Waals surface area (Å²) in [6.45, 7) is 2.11. The maximum absolute atomic E-state index is 10.6. The third-order valence-electron chi connectivity index (χ3n) is 4.79. The fourth-order valence-electron chi connectivity index (χ4n) is 3.32. The summed E-state index contributed by atoms with van der Waals surface area (Å²) in [7, 11) is 0. The van der Waals surface area contributed by atoms with E-state index in [4.69, 9.17) is 5.11 Å². The standard InChI is InChI=1S/C15H22O6/c1-8-4-3-5-10(9(8)2)12-14(20,7-17)13(19)15(12,21)11(18)6-16/h3-5,11-13,16-21H,6-7H2,1-2H3/t11-,12?,13-,14-,15+/m1/s1. The van der Waals surface area contributed by atoms with E-state index in [1.807, 2.05) is 13.0 Å². The quantitative estimate of drug-likeness (QED) is 0.405. The summed E-state index contributed by atoms with van der Waals surface area (Å²) in [5, 5.41) is 59.5. The number of hydrogen-bond donors (Lipinski definition) is 6. The Labute approximate surface area is 122 Å². The molecule has 0 radical (unpaired) electrons. The first-order valence-corrected chi connectivity index (χ1v) is 6.83. The van der Waals surface area contributed by atoms with Gasteiger partial charge in [0.2, 0.25) is 0 Å². The van der Waals surface area contributed by atoms with Gasteiger partial charge in [0.05, 0.1) is 19.1 Å². The molecule has 1 aliphatic carbocycles. The predicted octanol–water partition coefficient (Wildman–Crippen LogP) is -1.43. The van der Waals surface area contributed by atoms with Gasteiger partial charge in [-0.15, -0.1) is 0 Å². The normalized spacial score (nSPS) is 37.1. The van der Waals surface area contributed by atoms with Crippen molar-refractivity contribution in [3.05, 3.63) is 34.9 Å². The van der Waals surface area contributed by atoms with Gasteiger partial charge < -0.3 is 30.6 Å². The van der Waals surface area contributed by atoms with Crippen LogP contribution < -0.4 is 0 Å². The van der Waals surface area contributed by atoms with E-state index in [0.29, 0.717) is 5.56 Å². The van der Waals surface area contributed by atoms with E-state index in [0.717, 1.165) is 11.1 Å². The second-order valence-corrected chi connectivity index (χ2v) is 5.86. The SMILES string of the molecule is Cc1cccc(C2[C@@](O)([C@H](O)CO)[C@H](O)[C@@]2(O)CO)c1C. The van der Waals surface area contributed by atoms with Crippen molar-refractivity contribution in [2.24, 2.45) is 0 Å². The first-order valence-electron chi connectivity index (χ1n) is 6.83. The highest BCUT2D eigenvalue weighted by molar-refractivity contribution is 5.45. The molecule has 118 valence electrons. The molecule has 1 aliphatic rings. The van der Waals surface area contributed by atoms with Gasteiger partial charge in [0, 0.05) is 0 Å². The number of aryl methyl sites for hydroxylation is 1. The minimum Gasteiger partial charge on any atom is -0.394 e. The van der Waals surface area contributed by atoms with Crippen LogP contribution in [0.3, 0.4) is 0 Å². The Bertz CT molecular complexity index is 533. The van der Waals surface area contributed by atoms with Crippen LogP contribution >= 0.6 is 0 Å². The molecule has 6 nitrogen and oxygen atoms in total. The average molecular weight is 298 g/mol. The third-order valence-corrected chi connectivity index (χ3v) is 4.79. The van der Waals surface area contributed by atoms with Crippen LogP contribution in [-0.2, 0) is 0 Å². The summed E-state index contributed by atoms with van der Waals surface area (Å²) < 4.78 is 0. The van der Waals surface area contributed by atoms with E-state index in [-0.39, 0.29) is 0 Å². The van der Waals surface area contributed by atoms with Crippen molar-refractivity contribution in [2.75, 3.05) is 13.2 Å². The molecule has 1 aromatic rings. The topological polar surface area (TPSA) is 121 Å². The molecule has 6 heteroatoms. The zero-order chi connectivity index (χ0) is 16.0. The van der Waals surface area contributed by atoms with E-state index in [9.17, 15) is 25.5 Å². The van der Waals surface area contributed by atoms with E-state index in [1.165, 1.54) is 0 Å². The fourth-order valence-corrected chi connectivity index (χ4v) is 3.32. The van der Waals surface area contributed by atoms with Crippen molar-refractivity contribution in [3.63, 3.8) is 0 Å². The van der Waals surface area contributed by atoms with Crippen molar-refractivity contribution >= 4 is 0 Å². The molecular formula is C15H22O6. The van der Waals surface area contributed by atoms with Crippen LogP contribution in [0.25, 0.3) is 0 Å². The number of benzene rings is 1. The van der Waals surface area contributed by atoms with Gasteiger partial charge in [-0.05, 0) is 30.5 Å². The van der Waals surface area contributed by atoms with Gasteiger partial charge in [0.25, 0.3) is 0 Å². The van der Waals surface area contributed by atoms with Crippen LogP contribution in [0, 0.1) is 13.8 Å². The van der Waals surface area contributed by atoms with Crippen molar-refractivity contribution in [1.29, 1.82) is 0 Å². The van der Waals surface area contributed by atoms with Crippen LogP contribution in [0.5, 0.6) is 0 Å². The molecule has 0 aliphatic heterocycles. The minimum atomic E-state index is -2.12. The molecule has 0 bridgehead atoms. The first-order chi connectivity index (χ1) is 9.75. The Hall–Kier alpha value is -1.02. The van der Waals surface area contributed by atoms with Crippen molar-refractivity contribution in [1.82, 2.24) is 0 Å². The molecule has 1 unspecified atom stereocenters. The van der Waals surface area contributed by atoms with Crippen molar-refractivity contribution in [3.8, 4) is 0 Å². The molecule has 1 fully saturated rings. The van der Waals surface area contributed by atoms with Gasteiger partial charge in [0.15, 0.2) is 0 Å². The first kappa shape index (κ1) is 16.4. The third kappa shape index (κ3) is 2.03. The lowest BCUT2D eigenvalue weighted by Crippen LogP contribution is -2.81. The van der Waals surface area contributed by atoms with E-state index in [1.54, 1.807) is 19.1 Å². The smallest absolute Gasteiger partial charge is 0.131 e. The highest BCUT2D eigenvalue weighted by atomic mass is 16.4. The molecule has 5 atom stereocenters. The fraction of sp³-hybridized carbons (Fsp3) is 0.600. The summed E-state index contributed by atoms with van der Waals surface area (Å²) >= 11 is 0.